The highest BCUT2D eigenvalue weighted by Crippen LogP contribution is 2.32. The van der Waals surface area contributed by atoms with Gasteiger partial charge in [0.05, 0.1) is 22.2 Å². The minimum absolute atomic E-state index is 0.117. The molecule has 0 spiro atoms. The van der Waals surface area contributed by atoms with Crippen molar-refractivity contribution in [2.75, 3.05) is 10.6 Å². The summed E-state index contributed by atoms with van der Waals surface area (Å²) in [6.45, 7) is 2.02. The lowest BCUT2D eigenvalue weighted by molar-refractivity contribution is -0.123. The van der Waals surface area contributed by atoms with E-state index in [1.54, 1.807) is 24.3 Å². The summed E-state index contributed by atoms with van der Waals surface area (Å²) in [6, 6.07) is 14.7. The van der Waals surface area contributed by atoms with Crippen molar-refractivity contribution < 1.29 is 9.59 Å². The number of halogens is 1. The van der Waals surface area contributed by atoms with Crippen LogP contribution in [0.2, 0.25) is 5.02 Å². The van der Waals surface area contributed by atoms with Crippen LogP contribution in [-0.2, 0) is 15.3 Å². The molecule has 0 unspecified atom stereocenters. The van der Waals surface area contributed by atoms with Gasteiger partial charge in [-0.25, -0.2) is 4.98 Å². The molecule has 0 fully saturated rings. The molecule has 1 atom stereocenters. The summed E-state index contributed by atoms with van der Waals surface area (Å²) in [5, 5.41) is 6.06. The fourth-order valence-corrected chi connectivity index (χ4v) is 4.46. The van der Waals surface area contributed by atoms with Gasteiger partial charge in [0.2, 0.25) is 11.8 Å². The van der Waals surface area contributed by atoms with Crippen molar-refractivity contribution in [2.45, 2.75) is 30.2 Å². The number of fused-ring (bicyclic) bond motifs is 1. The third-order valence-electron chi connectivity index (χ3n) is 5.00. The zero-order valence-corrected chi connectivity index (χ0v) is 18.1. The number of H-pyrrole nitrogens is 1. The number of rotatable bonds is 5. The molecule has 9 heteroatoms. The second-order valence-electron chi connectivity index (χ2n) is 7.12. The van der Waals surface area contributed by atoms with E-state index >= 15 is 0 Å². The number of amides is 2. The first-order valence-corrected chi connectivity index (χ1v) is 11.0. The van der Waals surface area contributed by atoms with Crippen molar-refractivity contribution in [1.82, 2.24) is 9.97 Å². The van der Waals surface area contributed by atoms with Crippen LogP contribution in [0, 0.1) is 6.92 Å². The molecule has 4 rings (SSSR count). The molecule has 0 aliphatic carbocycles. The van der Waals surface area contributed by atoms with E-state index in [1.807, 2.05) is 31.2 Å². The van der Waals surface area contributed by atoms with Gasteiger partial charge in [-0.05, 0) is 30.2 Å². The number of hydrogen-bond acceptors (Lipinski definition) is 5. The van der Waals surface area contributed by atoms with Gasteiger partial charge in [-0.3, -0.25) is 14.4 Å². The lowest BCUT2D eigenvalue weighted by Gasteiger charge is -2.23. The number of nitrogens with one attached hydrogen (secondary N) is 3. The number of aryl methyl sites for hydroxylation is 1. The maximum atomic E-state index is 12.9. The van der Waals surface area contributed by atoms with Gasteiger partial charge in [0, 0.05) is 12.2 Å². The lowest BCUT2D eigenvalue weighted by atomic mass is 9.92. The molecule has 158 valence electrons. The van der Waals surface area contributed by atoms with E-state index in [1.165, 1.54) is 11.8 Å². The Bertz CT molecular complexity index is 1230. The number of nitrogens with zero attached hydrogens (tertiary/aromatic N) is 1. The molecule has 3 N–H and O–H groups in total. The third-order valence-corrected chi connectivity index (χ3v) is 6.25. The van der Waals surface area contributed by atoms with Gasteiger partial charge in [-0.1, -0.05) is 59.8 Å². The van der Waals surface area contributed by atoms with Gasteiger partial charge in [0.25, 0.3) is 5.56 Å². The van der Waals surface area contributed by atoms with Crippen LogP contribution >= 0.6 is 23.4 Å². The molecule has 31 heavy (non-hydrogen) atoms. The maximum Gasteiger partial charge on any atom is 0.257 e. The first kappa shape index (κ1) is 21.1. The van der Waals surface area contributed by atoms with Crippen molar-refractivity contribution in [2.24, 2.45) is 0 Å². The van der Waals surface area contributed by atoms with E-state index < -0.39 is 17.4 Å². The van der Waals surface area contributed by atoms with Crippen molar-refractivity contribution in [3.63, 3.8) is 0 Å². The summed E-state index contributed by atoms with van der Waals surface area (Å²) in [7, 11) is 0. The average Bonchev–Trinajstić information content (AvgIpc) is 2.74. The minimum Gasteiger partial charge on any atom is -0.324 e. The monoisotopic (exact) mass is 454 g/mol. The van der Waals surface area contributed by atoms with Crippen LogP contribution < -0.4 is 16.2 Å². The van der Waals surface area contributed by atoms with Gasteiger partial charge in [-0.15, -0.1) is 0 Å². The molecule has 2 aromatic carbocycles. The molecule has 3 aromatic rings. The molecule has 7 nitrogen and oxygen atoms in total. The van der Waals surface area contributed by atoms with Crippen molar-refractivity contribution >= 4 is 46.7 Å². The van der Waals surface area contributed by atoms with E-state index in [0.29, 0.717) is 21.6 Å². The molecule has 2 amide bonds. The summed E-state index contributed by atoms with van der Waals surface area (Å²) in [5.74, 6) is -1.10. The summed E-state index contributed by atoms with van der Waals surface area (Å²) < 4.78 is 0. The first-order valence-electron chi connectivity index (χ1n) is 9.59. The molecular formula is C22H19ClN4O3S. The Morgan fingerprint density at radius 2 is 1.94 bits per heavy atom. The van der Waals surface area contributed by atoms with Gasteiger partial charge in [0.1, 0.15) is 5.82 Å². The molecule has 2 heterocycles. The number of carbonyl (C=O) groups is 2. The van der Waals surface area contributed by atoms with Crippen LogP contribution in [0.15, 0.2) is 58.5 Å². The van der Waals surface area contributed by atoms with Crippen LogP contribution in [0.1, 0.15) is 29.0 Å². The van der Waals surface area contributed by atoms with Crippen molar-refractivity contribution in [3.05, 3.63) is 80.6 Å². The highest BCUT2D eigenvalue weighted by atomic mass is 35.5. The van der Waals surface area contributed by atoms with Crippen LogP contribution in [0.3, 0.4) is 0 Å². The average molecular weight is 455 g/mol. The van der Waals surface area contributed by atoms with Gasteiger partial charge in [0.15, 0.2) is 5.16 Å². The third kappa shape index (κ3) is 4.65. The SMILES string of the molecule is Cc1ccccc1CSc1nc2c(c(=O)[nH]1)[C@@H](C(=O)Nc1ccccc1Cl)CC(=O)N2. The Balaban J connectivity index is 1.59. The van der Waals surface area contributed by atoms with E-state index in [2.05, 4.69) is 20.6 Å². The second kappa shape index (κ2) is 8.95. The number of hydrogen-bond donors (Lipinski definition) is 3. The number of benzene rings is 2. The van der Waals surface area contributed by atoms with E-state index in [-0.39, 0.29) is 23.7 Å². The summed E-state index contributed by atoms with van der Waals surface area (Å²) in [6.07, 6.45) is -0.149. The van der Waals surface area contributed by atoms with E-state index in [9.17, 15) is 14.4 Å². The molecule has 1 aliphatic heterocycles. The fraction of sp³-hybridized carbons (Fsp3) is 0.182. The summed E-state index contributed by atoms with van der Waals surface area (Å²) in [4.78, 5) is 45.1. The molecule has 0 saturated carbocycles. The summed E-state index contributed by atoms with van der Waals surface area (Å²) >= 11 is 7.46. The van der Waals surface area contributed by atoms with Crippen LogP contribution in [0.25, 0.3) is 0 Å². The van der Waals surface area contributed by atoms with Gasteiger partial charge in [-0.2, -0.15) is 0 Å². The van der Waals surface area contributed by atoms with Crippen LogP contribution in [0.4, 0.5) is 11.5 Å². The Morgan fingerprint density at radius 3 is 2.71 bits per heavy atom. The molecule has 1 aliphatic rings. The quantitative estimate of drug-likeness (QED) is 0.398. The maximum absolute atomic E-state index is 12.9. The largest absolute Gasteiger partial charge is 0.324 e. The number of carbonyl (C=O) groups excluding carboxylic acids is 2. The number of para-hydroxylation sites is 1. The van der Waals surface area contributed by atoms with E-state index in [0.717, 1.165) is 11.1 Å². The van der Waals surface area contributed by atoms with Crippen molar-refractivity contribution in [3.8, 4) is 0 Å². The normalized spacial score (nSPS) is 15.2. The van der Waals surface area contributed by atoms with Gasteiger partial charge < -0.3 is 15.6 Å². The zero-order valence-electron chi connectivity index (χ0n) is 16.6. The smallest absolute Gasteiger partial charge is 0.257 e. The number of aromatic amines is 1. The number of aromatic nitrogens is 2. The Labute approximate surface area is 187 Å². The topological polar surface area (TPSA) is 104 Å². The minimum atomic E-state index is -0.966. The number of anilines is 2. The standard InChI is InChI=1S/C22H19ClN4O3S/c1-12-6-2-3-7-13(12)11-31-22-26-19-18(21(30)27-22)14(10-17(28)25-19)20(29)24-16-9-5-4-8-15(16)23/h2-9,14H,10-11H2,1H3,(H,24,29)(H2,25,26,27,28,30)/t14-/m0/s1. The second-order valence-corrected chi connectivity index (χ2v) is 8.49. The van der Waals surface area contributed by atoms with E-state index in [4.69, 9.17) is 11.6 Å². The Morgan fingerprint density at radius 1 is 1.19 bits per heavy atom. The Kier molecular flexibility index (Phi) is 6.11. The predicted molar refractivity (Wildman–Crippen MR) is 122 cm³/mol. The van der Waals surface area contributed by atoms with Gasteiger partial charge >= 0.3 is 0 Å². The predicted octanol–water partition coefficient (Wildman–Crippen LogP) is 4.09. The summed E-state index contributed by atoms with van der Waals surface area (Å²) in [5.41, 5.74) is 2.37. The fourth-order valence-electron chi connectivity index (χ4n) is 3.34. The Hall–Kier alpha value is -3.10. The zero-order chi connectivity index (χ0) is 22.0. The lowest BCUT2D eigenvalue weighted by Crippen LogP contribution is -2.36. The highest BCUT2D eigenvalue weighted by molar-refractivity contribution is 7.98. The van der Waals surface area contributed by atoms with Crippen molar-refractivity contribution in [1.29, 1.82) is 0 Å². The first-order chi connectivity index (χ1) is 14.9. The van der Waals surface area contributed by atoms with Crippen LogP contribution in [0.5, 0.6) is 0 Å². The molecule has 0 radical (unpaired) electrons. The highest BCUT2D eigenvalue weighted by Gasteiger charge is 2.35. The molecule has 0 saturated heterocycles. The number of thioether (sulfide) groups is 1. The molecule has 1 aromatic heterocycles. The van der Waals surface area contributed by atoms with Crippen LogP contribution in [-0.4, -0.2) is 21.8 Å². The molecule has 0 bridgehead atoms. The molecular weight excluding hydrogens is 436 g/mol.